The molecule has 0 saturated carbocycles. The van der Waals surface area contributed by atoms with Crippen molar-refractivity contribution in [3.05, 3.63) is 224 Å². The van der Waals surface area contributed by atoms with E-state index in [-0.39, 0.29) is 0 Å². The van der Waals surface area contributed by atoms with E-state index in [0.29, 0.717) is 0 Å². The van der Waals surface area contributed by atoms with E-state index in [1.165, 1.54) is 95.6 Å². The van der Waals surface area contributed by atoms with Crippen molar-refractivity contribution in [2.24, 2.45) is 0 Å². The summed E-state index contributed by atoms with van der Waals surface area (Å²) < 4.78 is 5.30. The van der Waals surface area contributed by atoms with Crippen LogP contribution in [0.25, 0.3) is 95.6 Å². The summed E-state index contributed by atoms with van der Waals surface area (Å²) in [5, 5.41) is 7.77. The molecular weight excluding hydrogens is 775 g/mol. The summed E-state index contributed by atoms with van der Waals surface area (Å²) in [6.07, 6.45) is 0. The van der Waals surface area contributed by atoms with Gasteiger partial charge in [-0.3, -0.25) is 0 Å². The topological polar surface area (TPSA) is 3.24 Å². The Balaban J connectivity index is 0.982. The first kappa shape index (κ1) is 35.6. The Bertz CT molecular complexity index is 3590. The van der Waals surface area contributed by atoms with Crippen molar-refractivity contribution in [3.63, 3.8) is 0 Å². The van der Waals surface area contributed by atoms with Gasteiger partial charge in [-0.25, -0.2) is 0 Å². The monoisotopic (exact) mass is 811 g/mol. The van der Waals surface area contributed by atoms with Crippen LogP contribution in [0.15, 0.2) is 224 Å². The summed E-state index contributed by atoms with van der Waals surface area (Å²) >= 11 is 3.74. The van der Waals surface area contributed by atoms with Gasteiger partial charge >= 0.3 is 0 Å². The Labute approximate surface area is 362 Å². The second kappa shape index (κ2) is 14.8. The fraction of sp³-hybridized carbons (Fsp3) is 0. The molecule has 0 saturated heterocycles. The van der Waals surface area contributed by atoms with Gasteiger partial charge in [0.2, 0.25) is 0 Å². The number of para-hydroxylation sites is 1. The van der Waals surface area contributed by atoms with Gasteiger partial charge in [0.05, 0.1) is 5.69 Å². The van der Waals surface area contributed by atoms with Crippen LogP contribution < -0.4 is 4.90 Å². The first-order valence-electron chi connectivity index (χ1n) is 20.7. The van der Waals surface area contributed by atoms with Gasteiger partial charge in [-0.05, 0) is 110 Å². The molecule has 0 N–H and O–H groups in total. The minimum Gasteiger partial charge on any atom is -0.310 e. The molecule has 2 aromatic heterocycles. The Hall–Kier alpha value is -7.30. The lowest BCUT2D eigenvalue weighted by Gasteiger charge is -2.28. The maximum absolute atomic E-state index is 2.42. The Morgan fingerprint density at radius 3 is 1.61 bits per heavy atom. The molecule has 0 spiro atoms. The first-order chi connectivity index (χ1) is 30.2. The van der Waals surface area contributed by atoms with E-state index in [1.807, 2.05) is 22.7 Å². The van der Waals surface area contributed by atoms with Crippen LogP contribution in [-0.2, 0) is 0 Å². The molecule has 12 aromatic rings. The number of benzene rings is 10. The van der Waals surface area contributed by atoms with Gasteiger partial charge in [-0.1, -0.05) is 164 Å². The molecule has 0 aliphatic carbocycles. The zero-order valence-electron chi connectivity index (χ0n) is 33.1. The molecule has 286 valence electrons. The van der Waals surface area contributed by atoms with Crippen molar-refractivity contribution in [1.82, 2.24) is 0 Å². The number of hydrogen-bond donors (Lipinski definition) is 0. The Morgan fingerprint density at radius 1 is 0.279 bits per heavy atom. The van der Waals surface area contributed by atoms with Crippen molar-refractivity contribution in [1.29, 1.82) is 0 Å². The van der Waals surface area contributed by atoms with Gasteiger partial charge in [0, 0.05) is 57.3 Å². The fourth-order valence-corrected chi connectivity index (χ4v) is 11.5. The molecule has 0 aliphatic heterocycles. The zero-order chi connectivity index (χ0) is 40.3. The average molecular weight is 812 g/mol. The summed E-state index contributed by atoms with van der Waals surface area (Å²) in [5.41, 5.74) is 13.0. The normalized spacial score (nSPS) is 11.6. The summed E-state index contributed by atoms with van der Waals surface area (Å²) in [4.78, 5) is 2.42. The van der Waals surface area contributed by atoms with Crippen LogP contribution in [0.3, 0.4) is 0 Å². The van der Waals surface area contributed by atoms with Crippen LogP contribution in [0.2, 0.25) is 0 Å². The van der Waals surface area contributed by atoms with Gasteiger partial charge in [-0.15, -0.1) is 22.7 Å². The highest BCUT2D eigenvalue weighted by atomic mass is 32.1. The van der Waals surface area contributed by atoms with Gasteiger partial charge < -0.3 is 4.90 Å². The van der Waals surface area contributed by atoms with E-state index >= 15 is 0 Å². The highest BCUT2D eigenvalue weighted by Gasteiger charge is 2.19. The molecule has 0 unspecified atom stereocenters. The van der Waals surface area contributed by atoms with Gasteiger partial charge in [-0.2, -0.15) is 0 Å². The van der Waals surface area contributed by atoms with Crippen LogP contribution in [0.4, 0.5) is 17.1 Å². The predicted octanol–water partition coefficient (Wildman–Crippen LogP) is 17.7. The molecule has 0 bridgehead atoms. The zero-order valence-corrected chi connectivity index (χ0v) is 34.8. The van der Waals surface area contributed by atoms with E-state index in [2.05, 4.69) is 229 Å². The minimum atomic E-state index is 1.10. The lowest BCUT2D eigenvalue weighted by Crippen LogP contribution is -2.11. The fourth-order valence-electron chi connectivity index (χ4n) is 9.14. The van der Waals surface area contributed by atoms with Crippen LogP contribution in [-0.4, -0.2) is 0 Å². The molecular formula is C58H37NS2. The van der Waals surface area contributed by atoms with Crippen molar-refractivity contribution < 1.29 is 0 Å². The van der Waals surface area contributed by atoms with E-state index in [4.69, 9.17) is 0 Å². The Morgan fingerprint density at radius 2 is 0.803 bits per heavy atom. The second-order valence-corrected chi connectivity index (χ2v) is 17.8. The molecule has 0 radical (unpaired) electrons. The average Bonchev–Trinajstić information content (AvgIpc) is 3.91. The predicted molar refractivity (Wildman–Crippen MR) is 266 cm³/mol. The third kappa shape index (κ3) is 6.21. The van der Waals surface area contributed by atoms with Gasteiger partial charge in [0.25, 0.3) is 0 Å². The largest absolute Gasteiger partial charge is 0.310 e. The summed E-state index contributed by atoms with van der Waals surface area (Å²) in [6, 6.07) is 82.4. The minimum absolute atomic E-state index is 1.10. The van der Waals surface area contributed by atoms with E-state index in [9.17, 15) is 0 Å². The maximum Gasteiger partial charge on any atom is 0.0540 e. The molecule has 0 atom stereocenters. The summed E-state index contributed by atoms with van der Waals surface area (Å²) in [6.45, 7) is 0. The highest BCUT2D eigenvalue weighted by Crippen LogP contribution is 2.45. The standard InChI is InChI=1S/C58H37NS2/c1-2-16-46-39(12-1)13-10-20-47(46)42-14-9-15-43(36-42)48-17-3-6-23-54(48)59(44-31-26-38(27-32-44)41-30-35-57-53(37-41)51-19-5-7-24-55(51)60-57)45-33-28-40(29-34-45)49-21-11-22-52-50-18-4-8-25-56(50)61-58(49)52/h1-37H. The van der Waals surface area contributed by atoms with Crippen LogP contribution in [0.5, 0.6) is 0 Å². The molecule has 0 fully saturated rings. The summed E-state index contributed by atoms with van der Waals surface area (Å²) in [5.74, 6) is 0. The Kier molecular flexibility index (Phi) is 8.62. The number of rotatable bonds is 7. The first-order valence-corrected chi connectivity index (χ1v) is 22.4. The molecule has 2 heterocycles. The molecule has 12 rings (SSSR count). The molecule has 0 amide bonds. The quantitative estimate of drug-likeness (QED) is 0.155. The van der Waals surface area contributed by atoms with Crippen LogP contribution in [0.1, 0.15) is 0 Å². The lowest BCUT2D eigenvalue weighted by atomic mass is 9.94. The van der Waals surface area contributed by atoms with Gasteiger partial charge in [0.1, 0.15) is 0 Å². The van der Waals surface area contributed by atoms with Crippen molar-refractivity contribution in [2.45, 2.75) is 0 Å². The maximum atomic E-state index is 2.42. The molecule has 61 heavy (non-hydrogen) atoms. The second-order valence-electron chi connectivity index (χ2n) is 15.6. The van der Waals surface area contributed by atoms with E-state index in [0.717, 1.165) is 17.1 Å². The van der Waals surface area contributed by atoms with E-state index < -0.39 is 0 Å². The van der Waals surface area contributed by atoms with Crippen LogP contribution in [0, 0.1) is 0 Å². The van der Waals surface area contributed by atoms with Crippen LogP contribution >= 0.6 is 22.7 Å². The number of anilines is 3. The van der Waals surface area contributed by atoms with Crippen molar-refractivity contribution in [2.75, 3.05) is 4.90 Å². The van der Waals surface area contributed by atoms with Gasteiger partial charge in [0.15, 0.2) is 0 Å². The van der Waals surface area contributed by atoms with Crippen molar-refractivity contribution in [3.8, 4) is 44.5 Å². The highest BCUT2D eigenvalue weighted by molar-refractivity contribution is 7.26. The molecule has 3 heteroatoms. The van der Waals surface area contributed by atoms with E-state index in [1.54, 1.807) is 0 Å². The smallest absolute Gasteiger partial charge is 0.0540 e. The molecule has 0 aliphatic rings. The number of fused-ring (bicyclic) bond motifs is 7. The third-order valence-electron chi connectivity index (χ3n) is 12.1. The number of thiophene rings is 2. The third-order valence-corrected chi connectivity index (χ3v) is 14.5. The number of hydrogen-bond acceptors (Lipinski definition) is 3. The lowest BCUT2D eigenvalue weighted by molar-refractivity contribution is 1.28. The SMILES string of the molecule is c1cc(-c2ccccc2N(c2ccc(-c3ccc4sc5ccccc5c4c3)cc2)c2ccc(-c3cccc4c3sc3ccccc34)cc2)cc(-c2cccc3ccccc23)c1. The summed E-state index contributed by atoms with van der Waals surface area (Å²) in [7, 11) is 0. The van der Waals surface area contributed by atoms with Crippen molar-refractivity contribution >= 4 is 90.9 Å². The molecule has 1 nitrogen and oxygen atoms in total. The number of nitrogens with zero attached hydrogens (tertiary/aromatic N) is 1. The molecule has 10 aromatic carbocycles.